The smallest absolute Gasteiger partial charge is 0.193 e. The minimum absolute atomic E-state index is 0.00765. The van der Waals surface area contributed by atoms with Crippen molar-refractivity contribution in [2.45, 2.75) is 0 Å². The molecule has 20 heavy (non-hydrogen) atoms. The van der Waals surface area contributed by atoms with Crippen molar-refractivity contribution in [1.82, 2.24) is 9.97 Å². The van der Waals surface area contributed by atoms with Crippen LogP contribution in [0.3, 0.4) is 0 Å². The third kappa shape index (κ3) is 2.61. The fourth-order valence-electron chi connectivity index (χ4n) is 1.58. The Balaban J connectivity index is 2.64. The van der Waals surface area contributed by atoms with Gasteiger partial charge in [0.2, 0.25) is 0 Å². The SMILES string of the molecule is COc1c(Cl)nc(-c2ccc(Cl)c(OC)c2F)nc1Cl. The van der Waals surface area contributed by atoms with Gasteiger partial charge in [-0.15, -0.1) is 0 Å². The Kier molecular flexibility index (Phi) is 4.52. The summed E-state index contributed by atoms with van der Waals surface area (Å²) < 4.78 is 24.1. The zero-order chi connectivity index (χ0) is 14.9. The van der Waals surface area contributed by atoms with Crippen molar-refractivity contribution in [3.05, 3.63) is 33.3 Å². The standard InChI is InChI=1S/C12H8Cl3FN2O2/c1-19-8-6(13)4-3-5(7(8)16)12-17-10(14)9(20-2)11(15)18-12/h3-4H,1-2H3. The maximum Gasteiger partial charge on any atom is 0.193 e. The summed E-state index contributed by atoms with van der Waals surface area (Å²) in [6.45, 7) is 0. The fourth-order valence-corrected chi connectivity index (χ4v) is 2.34. The highest BCUT2D eigenvalue weighted by molar-refractivity contribution is 6.35. The summed E-state index contributed by atoms with van der Waals surface area (Å²) in [6, 6.07) is 2.88. The van der Waals surface area contributed by atoms with Crippen molar-refractivity contribution < 1.29 is 13.9 Å². The zero-order valence-electron chi connectivity index (χ0n) is 10.4. The van der Waals surface area contributed by atoms with E-state index in [1.807, 2.05) is 0 Å². The van der Waals surface area contributed by atoms with Crippen molar-refractivity contribution >= 4 is 34.8 Å². The Morgan fingerprint density at radius 1 is 0.950 bits per heavy atom. The topological polar surface area (TPSA) is 44.2 Å². The first-order valence-corrected chi connectivity index (χ1v) is 6.42. The highest BCUT2D eigenvalue weighted by atomic mass is 35.5. The van der Waals surface area contributed by atoms with Gasteiger partial charge >= 0.3 is 0 Å². The van der Waals surface area contributed by atoms with E-state index >= 15 is 0 Å². The van der Waals surface area contributed by atoms with Gasteiger partial charge in [-0.2, -0.15) is 0 Å². The van der Waals surface area contributed by atoms with Gasteiger partial charge < -0.3 is 9.47 Å². The van der Waals surface area contributed by atoms with Gasteiger partial charge in [-0.25, -0.2) is 14.4 Å². The monoisotopic (exact) mass is 336 g/mol. The molecule has 2 aromatic rings. The average molecular weight is 338 g/mol. The van der Waals surface area contributed by atoms with E-state index in [0.29, 0.717) is 0 Å². The summed E-state index contributed by atoms with van der Waals surface area (Å²) in [6.07, 6.45) is 0. The van der Waals surface area contributed by atoms with Crippen LogP contribution in [0.5, 0.6) is 11.5 Å². The van der Waals surface area contributed by atoms with E-state index in [2.05, 4.69) is 9.97 Å². The van der Waals surface area contributed by atoms with Crippen LogP contribution >= 0.6 is 34.8 Å². The van der Waals surface area contributed by atoms with Crippen LogP contribution in [0.25, 0.3) is 11.4 Å². The van der Waals surface area contributed by atoms with Crippen molar-refractivity contribution in [2.24, 2.45) is 0 Å². The molecule has 4 nitrogen and oxygen atoms in total. The van der Waals surface area contributed by atoms with Gasteiger partial charge in [-0.3, -0.25) is 0 Å². The quantitative estimate of drug-likeness (QED) is 0.785. The molecule has 0 spiro atoms. The van der Waals surface area contributed by atoms with Gasteiger partial charge in [0, 0.05) is 0 Å². The molecule has 0 saturated heterocycles. The van der Waals surface area contributed by atoms with E-state index in [4.69, 9.17) is 44.3 Å². The van der Waals surface area contributed by atoms with Crippen molar-refractivity contribution in [2.75, 3.05) is 14.2 Å². The molecular formula is C12H8Cl3FN2O2. The van der Waals surface area contributed by atoms with Crippen LogP contribution in [0.4, 0.5) is 4.39 Å². The molecule has 0 aliphatic rings. The molecule has 0 N–H and O–H groups in total. The summed E-state index contributed by atoms with van der Waals surface area (Å²) in [5.74, 6) is -0.667. The average Bonchev–Trinajstić information content (AvgIpc) is 2.39. The van der Waals surface area contributed by atoms with Crippen LogP contribution in [0, 0.1) is 5.82 Å². The molecule has 1 aromatic carbocycles. The van der Waals surface area contributed by atoms with Crippen LogP contribution < -0.4 is 9.47 Å². The number of rotatable bonds is 3. The van der Waals surface area contributed by atoms with Crippen LogP contribution in [0.15, 0.2) is 12.1 Å². The largest absolute Gasteiger partial charge is 0.492 e. The summed E-state index contributed by atoms with van der Waals surface area (Å²) in [7, 11) is 2.69. The number of hydrogen-bond donors (Lipinski definition) is 0. The lowest BCUT2D eigenvalue weighted by Gasteiger charge is -2.10. The minimum Gasteiger partial charge on any atom is -0.492 e. The first-order chi connectivity index (χ1) is 9.49. The molecule has 0 amide bonds. The van der Waals surface area contributed by atoms with Crippen molar-refractivity contribution in [3.63, 3.8) is 0 Å². The molecule has 1 heterocycles. The lowest BCUT2D eigenvalue weighted by atomic mass is 10.2. The van der Waals surface area contributed by atoms with Gasteiger partial charge in [0.1, 0.15) is 0 Å². The summed E-state index contributed by atoms with van der Waals surface area (Å²) in [5.41, 5.74) is 0.0673. The third-order valence-electron chi connectivity index (χ3n) is 2.48. The summed E-state index contributed by atoms with van der Waals surface area (Å²) >= 11 is 17.6. The maximum atomic E-state index is 14.3. The van der Waals surface area contributed by atoms with Gasteiger partial charge in [-0.1, -0.05) is 34.8 Å². The highest BCUT2D eigenvalue weighted by Gasteiger charge is 2.19. The molecule has 0 unspecified atom stereocenters. The van der Waals surface area contributed by atoms with Crippen molar-refractivity contribution in [3.8, 4) is 22.9 Å². The van der Waals surface area contributed by atoms with Crippen LogP contribution in [-0.4, -0.2) is 24.2 Å². The molecule has 0 atom stereocenters. The summed E-state index contributed by atoms with van der Waals surface area (Å²) in [4.78, 5) is 7.89. The molecule has 0 bridgehead atoms. The Morgan fingerprint density at radius 3 is 2.00 bits per heavy atom. The number of benzene rings is 1. The lowest BCUT2D eigenvalue weighted by Crippen LogP contribution is -1.99. The molecule has 0 aliphatic heterocycles. The molecule has 8 heteroatoms. The first kappa shape index (κ1) is 15.1. The molecular weight excluding hydrogens is 330 g/mol. The zero-order valence-corrected chi connectivity index (χ0v) is 12.6. The normalized spacial score (nSPS) is 10.5. The second kappa shape index (κ2) is 5.99. The number of methoxy groups -OCH3 is 2. The van der Waals surface area contributed by atoms with Crippen LogP contribution in [-0.2, 0) is 0 Å². The molecule has 2 rings (SSSR count). The number of nitrogens with zero attached hydrogens (tertiary/aromatic N) is 2. The fraction of sp³-hybridized carbons (Fsp3) is 0.167. The second-order valence-electron chi connectivity index (χ2n) is 3.60. The van der Waals surface area contributed by atoms with E-state index < -0.39 is 5.82 Å². The van der Waals surface area contributed by atoms with Gasteiger partial charge in [0.15, 0.2) is 33.4 Å². The Hall–Kier alpha value is -1.30. The predicted octanol–water partition coefficient (Wildman–Crippen LogP) is 4.26. The van der Waals surface area contributed by atoms with E-state index in [-0.39, 0.29) is 38.2 Å². The second-order valence-corrected chi connectivity index (χ2v) is 4.73. The summed E-state index contributed by atoms with van der Waals surface area (Å²) in [5, 5.41) is 0.103. The molecule has 0 fully saturated rings. The Labute approximate surface area is 129 Å². The third-order valence-corrected chi connectivity index (χ3v) is 3.29. The Bertz CT molecular complexity index is 644. The van der Waals surface area contributed by atoms with E-state index in [9.17, 15) is 4.39 Å². The Morgan fingerprint density at radius 2 is 1.50 bits per heavy atom. The number of ether oxygens (including phenoxy) is 2. The first-order valence-electron chi connectivity index (χ1n) is 5.29. The number of aromatic nitrogens is 2. The van der Waals surface area contributed by atoms with Gasteiger partial charge in [0.25, 0.3) is 0 Å². The number of halogens is 4. The van der Waals surface area contributed by atoms with E-state index in [1.54, 1.807) is 0 Å². The maximum absolute atomic E-state index is 14.3. The highest BCUT2D eigenvalue weighted by Crippen LogP contribution is 2.36. The molecule has 0 radical (unpaired) electrons. The van der Waals surface area contributed by atoms with Gasteiger partial charge in [-0.05, 0) is 12.1 Å². The van der Waals surface area contributed by atoms with E-state index in [0.717, 1.165) is 0 Å². The predicted molar refractivity (Wildman–Crippen MR) is 75.6 cm³/mol. The van der Waals surface area contributed by atoms with Gasteiger partial charge in [0.05, 0.1) is 24.8 Å². The van der Waals surface area contributed by atoms with Crippen LogP contribution in [0.2, 0.25) is 15.3 Å². The molecule has 0 saturated carbocycles. The lowest BCUT2D eigenvalue weighted by molar-refractivity contribution is 0.387. The molecule has 106 valence electrons. The minimum atomic E-state index is -0.697. The van der Waals surface area contributed by atoms with E-state index in [1.165, 1.54) is 26.4 Å². The molecule has 1 aromatic heterocycles. The van der Waals surface area contributed by atoms with Crippen LogP contribution in [0.1, 0.15) is 0 Å². The van der Waals surface area contributed by atoms with Crippen molar-refractivity contribution in [1.29, 1.82) is 0 Å². The molecule has 0 aliphatic carbocycles. The number of hydrogen-bond acceptors (Lipinski definition) is 4.